The molecular weight excluding hydrogens is 612 g/mol. The van der Waals surface area contributed by atoms with E-state index in [9.17, 15) is 19.8 Å². The molecule has 48 heavy (non-hydrogen) atoms. The third-order valence-electron chi connectivity index (χ3n) is 14.4. The Bertz CT molecular complexity index is 1450. The summed E-state index contributed by atoms with van der Waals surface area (Å²) < 4.78 is 31.5. The zero-order valence-corrected chi connectivity index (χ0v) is 28.6. The number of benzene rings is 1. The molecule has 6 fully saturated rings. The molecule has 1 aromatic rings. The number of hydrogen-bond acceptors (Lipinski definition) is 9. The van der Waals surface area contributed by atoms with Crippen LogP contribution in [0.25, 0.3) is 0 Å². The molecule has 4 saturated carbocycles. The summed E-state index contributed by atoms with van der Waals surface area (Å²) in [5.41, 5.74) is -1.34. The molecule has 9 heteroatoms. The van der Waals surface area contributed by atoms with E-state index in [0.717, 1.165) is 37.5 Å². The molecule has 0 aromatic heterocycles. The van der Waals surface area contributed by atoms with E-state index in [-0.39, 0.29) is 48.1 Å². The van der Waals surface area contributed by atoms with Crippen LogP contribution in [-0.2, 0) is 39.7 Å². The summed E-state index contributed by atoms with van der Waals surface area (Å²) >= 11 is 0. The van der Waals surface area contributed by atoms with Crippen molar-refractivity contribution in [1.29, 1.82) is 0 Å². The molecule has 2 N–H and O–H groups in total. The largest absolute Gasteiger partial charge is 0.458 e. The summed E-state index contributed by atoms with van der Waals surface area (Å²) in [4.78, 5) is 25.2. The standard InChI is InChI=1S/C39H52O9/c1-4-38(20-25-8-6-5-7-9-25)47-31-19-33(45-24(2)34(31)48-38)46-27-10-15-36(23-40)29-11-14-35(3)28(26-18-32(41)44-22-26)13-17-39(35,43)30(29)12-16-37(36,42)21-27/h5-9,18,23-24,27-31,33-34,42-43H,4,10-17,19-22H2,1-3H3/t24-,27+,28-,29+,30-,31+,33+,34-,35-,36+,37+,38?,39+/m1/s1. The maximum absolute atomic E-state index is 13.2. The van der Waals surface area contributed by atoms with Crippen molar-refractivity contribution in [1.82, 2.24) is 0 Å². The minimum atomic E-state index is -1.21. The second-order valence-corrected chi connectivity index (χ2v) is 16.4. The Hall–Kier alpha value is -2.14. The molecule has 0 bridgehead atoms. The fraction of sp³-hybridized carbons (Fsp3) is 0.744. The lowest BCUT2D eigenvalue weighted by molar-refractivity contribution is -0.278. The molecule has 0 amide bonds. The van der Waals surface area contributed by atoms with Gasteiger partial charge in [-0.15, -0.1) is 0 Å². The van der Waals surface area contributed by atoms with E-state index < -0.39 is 34.1 Å². The smallest absolute Gasteiger partial charge is 0.331 e. The van der Waals surface area contributed by atoms with E-state index in [1.54, 1.807) is 6.08 Å². The molecule has 3 heterocycles. The van der Waals surface area contributed by atoms with E-state index in [2.05, 4.69) is 26.0 Å². The quantitative estimate of drug-likeness (QED) is 0.231. The van der Waals surface area contributed by atoms with Crippen LogP contribution in [-0.4, -0.2) is 76.8 Å². The highest BCUT2D eigenvalue weighted by Crippen LogP contribution is 2.70. The highest BCUT2D eigenvalue weighted by atomic mass is 16.8. The van der Waals surface area contributed by atoms with Crippen LogP contribution < -0.4 is 0 Å². The summed E-state index contributed by atoms with van der Waals surface area (Å²) in [6.45, 7) is 6.59. The van der Waals surface area contributed by atoms with Gasteiger partial charge in [-0.1, -0.05) is 44.2 Å². The highest BCUT2D eigenvalue weighted by Gasteiger charge is 2.71. The maximum atomic E-state index is 13.2. The predicted octanol–water partition coefficient (Wildman–Crippen LogP) is 5.19. The van der Waals surface area contributed by atoms with E-state index in [1.165, 1.54) is 5.56 Å². The van der Waals surface area contributed by atoms with Crippen molar-refractivity contribution in [3.8, 4) is 0 Å². The summed E-state index contributed by atoms with van der Waals surface area (Å²) in [5.74, 6) is -1.11. The van der Waals surface area contributed by atoms with Gasteiger partial charge in [0.15, 0.2) is 12.1 Å². The van der Waals surface area contributed by atoms with Gasteiger partial charge in [0.25, 0.3) is 0 Å². The third-order valence-corrected chi connectivity index (χ3v) is 14.4. The molecule has 1 unspecified atom stereocenters. The number of carbonyl (C=O) groups is 2. The highest BCUT2D eigenvalue weighted by molar-refractivity contribution is 5.85. The Morgan fingerprint density at radius 1 is 1.00 bits per heavy atom. The molecule has 9 nitrogen and oxygen atoms in total. The molecule has 0 radical (unpaired) electrons. The number of esters is 1. The average Bonchev–Trinajstić information content (AvgIpc) is 3.74. The molecule has 3 aliphatic heterocycles. The lowest BCUT2D eigenvalue weighted by atomic mass is 9.41. The second-order valence-electron chi connectivity index (χ2n) is 16.4. The molecule has 1 aromatic carbocycles. The first-order valence-corrected chi connectivity index (χ1v) is 18.5. The molecule has 262 valence electrons. The summed E-state index contributed by atoms with van der Waals surface area (Å²) in [7, 11) is 0. The van der Waals surface area contributed by atoms with Gasteiger partial charge < -0.3 is 38.7 Å². The monoisotopic (exact) mass is 664 g/mol. The number of carbonyl (C=O) groups excluding carboxylic acids is 2. The Morgan fingerprint density at radius 3 is 2.52 bits per heavy atom. The van der Waals surface area contributed by atoms with Gasteiger partial charge in [-0.25, -0.2) is 4.79 Å². The number of ether oxygens (including phenoxy) is 5. The molecule has 4 aliphatic carbocycles. The van der Waals surface area contributed by atoms with E-state index in [0.29, 0.717) is 58.0 Å². The molecular formula is C39H52O9. The normalized spacial score (nSPS) is 49.7. The van der Waals surface area contributed by atoms with E-state index in [1.807, 2.05) is 25.1 Å². The predicted molar refractivity (Wildman–Crippen MR) is 174 cm³/mol. The minimum Gasteiger partial charge on any atom is -0.458 e. The van der Waals surface area contributed by atoms with Crippen LogP contribution in [0.3, 0.4) is 0 Å². The number of aldehydes is 1. The van der Waals surface area contributed by atoms with Gasteiger partial charge in [0.2, 0.25) is 0 Å². The molecule has 0 spiro atoms. The van der Waals surface area contributed by atoms with Crippen LogP contribution in [0.5, 0.6) is 0 Å². The topological polar surface area (TPSA) is 121 Å². The second kappa shape index (κ2) is 11.7. The Kier molecular flexibility index (Phi) is 8.06. The Labute approximate surface area is 283 Å². The minimum absolute atomic E-state index is 0.0829. The summed E-state index contributed by atoms with van der Waals surface area (Å²) in [5, 5.41) is 25.0. The lowest BCUT2D eigenvalue weighted by Gasteiger charge is -2.65. The number of fused-ring (bicyclic) bond motifs is 6. The van der Waals surface area contributed by atoms with Crippen molar-refractivity contribution in [3.63, 3.8) is 0 Å². The van der Waals surface area contributed by atoms with E-state index in [4.69, 9.17) is 23.7 Å². The van der Waals surface area contributed by atoms with Crippen molar-refractivity contribution in [2.45, 2.75) is 146 Å². The van der Waals surface area contributed by atoms with Crippen LogP contribution in [0.4, 0.5) is 0 Å². The zero-order chi connectivity index (χ0) is 33.5. The first-order valence-electron chi connectivity index (χ1n) is 18.5. The van der Waals surface area contributed by atoms with Gasteiger partial charge in [0, 0.05) is 30.8 Å². The number of hydrogen-bond donors (Lipinski definition) is 2. The van der Waals surface area contributed by atoms with Gasteiger partial charge in [-0.3, -0.25) is 0 Å². The fourth-order valence-electron chi connectivity index (χ4n) is 11.9. The van der Waals surface area contributed by atoms with Crippen LogP contribution in [0.2, 0.25) is 0 Å². The number of cyclic esters (lactones) is 1. The molecule has 7 aliphatic rings. The van der Waals surface area contributed by atoms with Crippen molar-refractivity contribution in [3.05, 3.63) is 47.5 Å². The summed E-state index contributed by atoms with van der Waals surface area (Å²) in [6.07, 6.45) is 8.87. The third kappa shape index (κ3) is 4.85. The Morgan fingerprint density at radius 2 is 1.79 bits per heavy atom. The average molecular weight is 665 g/mol. The summed E-state index contributed by atoms with van der Waals surface area (Å²) in [6, 6.07) is 10.3. The van der Waals surface area contributed by atoms with Gasteiger partial charge in [-0.05, 0) is 93.6 Å². The van der Waals surface area contributed by atoms with Gasteiger partial charge in [0.05, 0.1) is 34.9 Å². The molecule has 8 rings (SSSR count). The van der Waals surface area contributed by atoms with Gasteiger partial charge >= 0.3 is 5.97 Å². The van der Waals surface area contributed by atoms with Crippen LogP contribution in [0.1, 0.15) is 97.0 Å². The lowest BCUT2D eigenvalue weighted by Crippen LogP contribution is -2.69. The van der Waals surface area contributed by atoms with Crippen molar-refractivity contribution in [2.75, 3.05) is 6.61 Å². The van der Waals surface area contributed by atoms with Gasteiger partial charge in [0.1, 0.15) is 19.0 Å². The van der Waals surface area contributed by atoms with Gasteiger partial charge in [-0.2, -0.15) is 0 Å². The first-order chi connectivity index (χ1) is 23.0. The van der Waals surface area contributed by atoms with Crippen molar-refractivity contribution in [2.24, 2.45) is 28.6 Å². The number of aliphatic hydroxyl groups is 2. The van der Waals surface area contributed by atoms with E-state index >= 15 is 0 Å². The number of rotatable bonds is 7. The van der Waals surface area contributed by atoms with Crippen molar-refractivity contribution >= 4 is 12.3 Å². The van der Waals surface area contributed by atoms with Crippen LogP contribution >= 0.6 is 0 Å². The maximum Gasteiger partial charge on any atom is 0.331 e. The SMILES string of the molecule is CCC1(Cc2ccccc2)O[C@H]2[C@H](C[C@H](O[C@H]3CC[C@]4(C=O)[C@H]5CC[C@]6(C)[C@@H](C7=CC(=O)OC7)CC[C@]6(O)[C@@H]5CC[C@]4(O)C3)O[C@@H]2C)O1. The van der Waals surface area contributed by atoms with Crippen LogP contribution in [0, 0.1) is 28.6 Å². The van der Waals surface area contributed by atoms with Crippen molar-refractivity contribution < 1.29 is 43.5 Å². The molecule has 2 saturated heterocycles. The fourth-order valence-corrected chi connectivity index (χ4v) is 11.9. The Balaban J connectivity index is 0.954. The molecule has 13 atom stereocenters. The van der Waals surface area contributed by atoms with Crippen LogP contribution in [0.15, 0.2) is 42.0 Å². The first kappa shape index (κ1) is 33.0. The zero-order valence-electron chi connectivity index (χ0n) is 28.6.